The minimum atomic E-state index is -3.76. The number of nitrogens with zero attached hydrogens (tertiary/aromatic N) is 1. The van der Waals surface area contributed by atoms with Crippen molar-refractivity contribution in [2.45, 2.75) is 31.7 Å². The van der Waals surface area contributed by atoms with Crippen LogP contribution >= 0.6 is 23.8 Å². The lowest BCUT2D eigenvalue weighted by molar-refractivity contribution is 0.584. The van der Waals surface area contributed by atoms with Gasteiger partial charge in [-0.1, -0.05) is 41.5 Å². The lowest BCUT2D eigenvalue weighted by atomic mass is 10.1. The molecular formula is C17H19ClN2O2S2. The monoisotopic (exact) mass is 382 g/mol. The van der Waals surface area contributed by atoms with E-state index >= 15 is 0 Å². The number of thiocarbonyl (C=S) groups is 1. The molecule has 0 heterocycles. The van der Waals surface area contributed by atoms with E-state index in [-0.39, 0.29) is 15.9 Å². The standard InChI is InChI=1S/C17H19ClN2O2S2/c1-11(2)20(16-9-6-13(18)10-15(16)17(19)23)24(21,22)14-7-4-12(3)5-8-14/h4-11H,1-3H3,(H2,19,23). The number of nitrogens with two attached hydrogens (primary N) is 1. The number of hydrogen-bond donors (Lipinski definition) is 1. The molecule has 0 aromatic heterocycles. The van der Waals surface area contributed by atoms with Crippen LogP contribution in [0.5, 0.6) is 0 Å². The SMILES string of the molecule is Cc1ccc(S(=O)(=O)N(c2ccc(Cl)cc2C(N)=S)C(C)C)cc1. The van der Waals surface area contributed by atoms with Crippen molar-refractivity contribution in [3.63, 3.8) is 0 Å². The predicted octanol–water partition coefficient (Wildman–Crippen LogP) is 3.89. The molecule has 0 spiro atoms. The van der Waals surface area contributed by atoms with Crippen LogP contribution in [-0.4, -0.2) is 19.4 Å². The Bertz CT molecular complexity index is 863. The third-order valence-electron chi connectivity index (χ3n) is 3.51. The highest BCUT2D eigenvalue weighted by atomic mass is 35.5. The van der Waals surface area contributed by atoms with Gasteiger partial charge in [0.05, 0.1) is 10.6 Å². The fourth-order valence-corrected chi connectivity index (χ4v) is 4.42. The van der Waals surface area contributed by atoms with E-state index in [1.807, 2.05) is 6.92 Å². The lowest BCUT2D eigenvalue weighted by Crippen LogP contribution is -2.38. The molecule has 2 aromatic carbocycles. The minimum absolute atomic E-state index is 0.0947. The molecule has 0 saturated carbocycles. The Morgan fingerprint density at radius 3 is 2.25 bits per heavy atom. The molecule has 0 aliphatic heterocycles. The number of anilines is 1. The van der Waals surface area contributed by atoms with Crippen molar-refractivity contribution in [3.05, 3.63) is 58.6 Å². The number of hydrogen-bond acceptors (Lipinski definition) is 3. The summed E-state index contributed by atoms with van der Waals surface area (Å²) >= 11 is 11.1. The van der Waals surface area contributed by atoms with Crippen LogP contribution in [0, 0.1) is 6.92 Å². The molecule has 0 fully saturated rings. The summed E-state index contributed by atoms with van der Waals surface area (Å²) < 4.78 is 27.6. The molecule has 128 valence electrons. The zero-order chi connectivity index (χ0) is 18.1. The third-order valence-corrected chi connectivity index (χ3v) is 5.97. The molecule has 4 nitrogen and oxygen atoms in total. The van der Waals surface area contributed by atoms with Gasteiger partial charge >= 0.3 is 0 Å². The summed E-state index contributed by atoms with van der Waals surface area (Å²) in [5.41, 5.74) is 7.61. The molecule has 2 rings (SSSR count). The quantitative estimate of drug-likeness (QED) is 0.797. The Kier molecular flexibility index (Phi) is 5.52. The summed E-state index contributed by atoms with van der Waals surface area (Å²) in [6.07, 6.45) is 0. The van der Waals surface area contributed by atoms with Crippen LogP contribution in [0.25, 0.3) is 0 Å². The Morgan fingerprint density at radius 1 is 1.17 bits per heavy atom. The smallest absolute Gasteiger partial charge is 0.264 e. The van der Waals surface area contributed by atoms with Gasteiger partial charge in [0.1, 0.15) is 4.99 Å². The van der Waals surface area contributed by atoms with Gasteiger partial charge in [-0.3, -0.25) is 4.31 Å². The van der Waals surface area contributed by atoms with Gasteiger partial charge in [0.15, 0.2) is 0 Å². The molecule has 24 heavy (non-hydrogen) atoms. The number of sulfonamides is 1. The first-order chi connectivity index (χ1) is 11.1. The van der Waals surface area contributed by atoms with Gasteiger partial charge in [-0.15, -0.1) is 0 Å². The molecule has 2 N–H and O–H groups in total. The van der Waals surface area contributed by atoms with Gasteiger partial charge in [-0.2, -0.15) is 0 Å². The highest BCUT2D eigenvalue weighted by molar-refractivity contribution is 7.92. The zero-order valence-electron chi connectivity index (χ0n) is 13.7. The van der Waals surface area contributed by atoms with E-state index < -0.39 is 10.0 Å². The normalized spacial score (nSPS) is 11.5. The maximum Gasteiger partial charge on any atom is 0.264 e. The van der Waals surface area contributed by atoms with E-state index in [1.165, 1.54) is 4.31 Å². The average Bonchev–Trinajstić information content (AvgIpc) is 2.48. The van der Waals surface area contributed by atoms with Crippen molar-refractivity contribution < 1.29 is 8.42 Å². The van der Waals surface area contributed by atoms with Crippen molar-refractivity contribution >= 4 is 44.5 Å². The highest BCUT2D eigenvalue weighted by Crippen LogP contribution is 2.31. The second kappa shape index (κ2) is 7.09. The third kappa shape index (κ3) is 3.71. The van der Waals surface area contributed by atoms with E-state index in [0.29, 0.717) is 16.3 Å². The van der Waals surface area contributed by atoms with E-state index in [4.69, 9.17) is 29.6 Å². The molecule has 0 unspecified atom stereocenters. The first kappa shape index (κ1) is 18.7. The highest BCUT2D eigenvalue weighted by Gasteiger charge is 2.29. The molecule has 0 aliphatic rings. The van der Waals surface area contributed by atoms with Crippen molar-refractivity contribution in [3.8, 4) is 0 Å². The van der Waals surface area contributed by atoms with Crippen molar-refractivity contribution in [1.29, 1.82) is 0 Å². The fourth-order valence-electron chi connectivity index (χ4n) is 2.41. The Labute approximate surface area is 153 Å². The number of rotatable bonds is 5. The number of aryl methyl sites for hydroxylation is 1. The molecule has 2 aromatic rings. The van der Waals surface area contributed by atoms with Crippen LogP contribution in [0.4, 0.5) is 5.69 Å². The van der Waals surface area contributed by atoms with Crippen molar-refractivity contribution in [2.24, 2.45) is 5.73 Å². The summed E-state index contributed by atoms with van der Waals surface area (Å²) in [5, 5.41) is 0.443. The van der Waals surface area contributed by atoms with E-state index in [1.54, 1.807) is 56.3 Å². The van der Waals surface area contributed by atoms with Gasteiger partial charge in [0.25, 0.3) is 10.0 Å². The summed E-state index contributed by atoms with van der Waals surface area (Å²) in [5.74, 6) is 0. The Hall–Kier alpha value is -1.63. The van der Waals surface area contributed by atoms with E-state index in [2.05, 4.69) is 0 Å². The van der Waals surface area contributed by atoms with Crippen molar-refractivity contribution in [1.82, 2.24) is 0 Å². The van der Waals surface area contributed by atoms with E-state index in [9.17, 15) is 8.42 Å². The molecule has 0 aliphatic carbocycles. The van der Waals surface area contributed by atoms with E-state index in [0.717, 1.165) is 5.56 Å². The Morgan fingerprint density at radius 2 is 1.75 bits per heavy atom. The fraction of sp³-hybridized carbons (Fsp3) is 0.235. The first-order valence-corrected chi connectivity index (χ1v) is 9.57. The van der Waals surface area contributed by atoms with Gasteiger partial charge in [-0.25, -0.2) is 8.42 Å². The van der Waals surface area contributed by atoms with Crippen LogP contribution in [0.3, 0.4) is 0 Å². The van der Waals surface area contributed by atoms with Crippen LogP contribution in [-0.2, 0) is 10.0 Å². The molecule has 0 bridgehead atoms. The van der Waals surface area contributed by atoms with Gasteiger partial charge < -0.3 is 5.73 Å². The molecule has 0 amide bonds. The predicted molar refractivity (Wildman–Crippen MR) is 103 cm³/mol. The molecule has 0 radical (unpaired) electrons. The number of halogens is 1. The first-order valence-electron chi connectivity index (χ1n) is 7.35. The summed E-state index contributed by atoms with van der Waals surface area (Å²) in [4.78, 5) is 0.308. The summed E-state index contributed by atoms with van der Waals surface area (Å²) in [6, 6.07) is 11.2. The average molecular weight is 383 g/mol. The number of benzene rings is 2. The van der Waals surface area contributed by atoms with Gasteiger partial charge in [0, 0.05) is 16.6 Å². The zero-order valence-corrected chi connectivity index (χ0v) is 16.0. The van der Waals surface area contributed by atoms with Gasteiger partial charge in [-0.05, 0) is 51.1 Å². The van der Waals surface area contributed by atoms with Crippen LogP contribution in [0.15, 0.2) is 47.4 Å². The van der Waals surface area contributed by atoms with Gasteiger partial charge in [0.2, 0.25) is 0 Å². The topological polar surface area (TPSA) is 63.4 Å². The van der Waals surface area contributed by atoms with Crippen LogP contribution in [0.1, 0.15) is 25.0 Å². The second-order valence-electron chi connectivity index (χ2n) is 5.73. The van der Waals surface area contributed by atoms with Crippen LogP contribution in [0.2, 0.25) is 5.02 Å². The van der Waals surface area contributed by atoms with Crippen molar-refractivity contribution in [2.75, 3.05) is 4.31 Å². The second-order valence-corrected chi connectivity index (χ2v) is 8.42. The lowest BCUT2D eigenvalue weighted by Gasteiger charge is -2.30. The summed E-state index contributed by atoms with van der Waals surface area (Å²) in [6.45, 7) is 5.49. The molecular weight excluding hydrogens is 364 g/mol. The maximum atomic E-state index is 13.2. The Balaban J connectivity index is 2.67. The van der Waals surface area contributed by atoms with Crippen LogP contribution < -0.4 is 10.0 Å². The maximum absolute atomic E-state index is 13.2. The summed E-state index contributed by atoms with van der Waals surface area (Å²) in [7, 11) is -3.76. The molecule has 7 heteroatoms. The minimum Gasteiger partial charge on any atom is -0.389 e. The largest absolute Gasteiger partial charge is 0.389 e. The molecule has 0 atom stereocenters. The molecule has 0 saturated heterocycles.